The number of methoxy groups -OCH3 is 1. The minimum Gasteiger partial charge on any atom is -0.385 e. The number of hydrogen-bond donors (Lipinski definition) is 0. The van der Waals surface area contributed by atoms with Gasteiger partial charge in [0.1, 0.15) is 0 Å². The summed E-state index contributed by atoms with van der Waals surface area (Å²) in [5.41, 5.74) is 0.885. The zero-order chi connectivity index (χ0) is 14.8. The van der Waals surface area contributed by atoms with Crippen molar-refractivity contribution < 1.29 is 9.47 Å². The lowest BCUT2D eigenvalue weighted by atomic mass is 9.81. The predicted octanol–water partition coefficient (Wildman–Crippen LogP) is 4.61. The fourth-order valence-corrected chi connectivity index (χ4v) is 3.56. The summed E-state index contributed by atoms with van der Waals surface area (Å²) in [6.45, 7) is 2.06. The Kier molecular flexibility index (Phi) is 9.14. The van der Waals surface area contributed by atoms with Crippen molar-refractivity contribution >= 4 is 39.1 Å². The van der Waals surface area contributed by atoms with Gasteiger partial charge in [0.05, 0.1) is 0 Å². The molecule has 20 heavy (non-hydrogen) atoms. The molecular weight excluding hydrogens is 363 g/mol. The van der Waals surface area contributed by atoms with E-state index in [2.05, 4.69) is 22.0 Å². The average molecular weight is 384 g/mol. The normalized spacial score (nSPS) is 11.8. The summed E-state index contributed by atoms with van der Waals surface area (Å²) in [4.78, 5) is 0. The van der Waals surface area contributed by atoms with Crippen molar-refractivity contribution in [2.24, 2.45) is 0 Å². The van der Waals surface area contributed by atoms with Gasteiger partial charge in [-0.05, 0) is 24.5 Å². The van der Waals surface area contributed by atoms with Crippen LogP contribution in [0.1, 0.15) is 18.4 Å². The van der Waals surface area contributed by atoms with Crippen LogP contribution in [0.15, 0.2) is 28.7 Å². The molecule has 0 saturated heterocycles. The molecule has 1 aromatic rings. The van der Waals surface area contributed by atoms with Crippen LogP contribution in [0.2, 0.25) is 0 Å². The molecule has 0 saturated carbocycles. The maximum atomic E-state index is 6.21. The summed E-state index contributed by atoms with van der Waals surface area (Å²) in [7, 11) is 1.69. The van der Waals surface area contributed by atoms with Crippen molar-refractivity contribution in [1.82, 2.24) is 0 Å². The molecule has 0 aliphatic heterocycles. The summed E-state index contributed by atoms with van der Waals surface area (Å²) in [5.74, 6) is 0.946. The molecule has 1 rings (SSSR count). The molecule has 5 heteroatoms. The van der Waals surface area contributed by atoms with Crippen LogP contribution in [-0.2, 0) is 14.9 Å². The first-order chi connectivity index (χ1) is 9.70. The monoisotopic (exact) mass is 382 g/mol. The number of benzene rings is 1. The zero-order valence-electron chi connectivity index (χ0n) is 11.7. The molecule has 0 aliphatic carbocycles. The Hall–Kier alpha value is 0.200. The van der Waals surface area contributed by atoms with Gasteiger partial charge in [-0.1, -0.05) is 34.1 Å². The molecule has 0 unspecified atom stereocenters. The number of alkyl halides is 2. The molecule has 1 aromatic carbocycles. The lowest BCUT2D eigenvalue weighted by Crippen LogP contribution is -2.32. The van der Waals surface area contributed by atoms with Crippen molar-refractivity contribution in [3.8, 4) is 0 Å². The van der Waals surface area contributed by atoms with E-state index in [4.69, 9.17) is 32.7 Å². The van der Waals surface area contributed by atoms with Crippen LogP contribution < -0.4 is 0 Å². The van der Waals surface area contributed by atoms with E-state index < -0.39 is 0 Å². The van der Waals surface area contributed by atoms with E-state index in [0.29, 0.717) is 25.0 Å². The highest BCUT2D eigenvalue weighted by atomic mass is 79.9. The van der Waals surface area contributed by atoms with Crippen LogP contribution in [0.3, 0.4) is 0 Å². The summed E-state index contributed by atoms with van der Waals surface area (Å²) < 4.78 is 11.7. The molecule has 0 aromatic heterocycles. The summed E-state index contributed by atoms with van der Waals surface area (Å²) in [6, 6.07) is 8.08. The fraction of sp³-hybridized carbons (Fsp3) is 0.600. The van der Waals surface area contributed by atoms with Gasteiger partial charge in [0.2, 0.25) is 0 Å². The third kappa shape index (κ3) is 5.19. The topological polar surface area (TPSA) is 18.5 Å². The lowest BCUT2D eigenvalue weighted by molar-refractivity contribution is 0.0930. The van der Waals surface area contributed by atoms with Crippen molar-refractivity contribution in [2.45, 2.75) is 18.3 Å². The standard InChI is InChI=1S/C15H21BrCl2O2/c1-19-8-4-9-20-10-7-15(11-17,12-18)13-5-2-3-6-14(13)16/h2-3,5-6H,4,7-12H2,1H3. The van der Waals surface area contributed by atoms with Gasteiger partial charge in [0.25, 0.3) is 0 Å². The Morgan fingerprint density at radius 3 is 2.40 bits per heavy atom. The third-order valence-electron chi connectivity index (χ3n) is 3.32. The van der Waals surface area contributed by atoms with E-state index in [9.17, 15) is 0 Å². The van der Waals surface area contributed by atoms with E-state index in [-0.39, 0.29) is 5.41 Å². The first-order valence-electron chi connectivity index (χ1n) is 6.64. The maximum absolute atomic E-state index is 6.21. The Balaban J connectivity index is 2.61. The van der Waals surface area contributed by atoms with Crippen molar-refractivity contribution in [2.75, 3.05) is 38.7 Å². The lowest BCUT2D eigenvalue weighted by Gasteiger charge is -2.31. The molecular formula is C15H21BrCl2O2. The second-order valence-electron chi connectivity index (χ2n) is 4.74. The van der Waals surface area contributed by atoms with Crippen molar-refractivity contribution in [3.63, 3.8) is 0 Å². The Morgan fingerprint density at radius 1 is 1.10 bits per heavy atom. The first-order valence-corrected chi connectivity index (χ1v) is 8.50. The van der Waals surface area contributed by atoms with Gasteiger partial charge in [-0.3, -0.25) is 0 Å². The smallest absolute Gasteiger partial charge is 0.0487 e. The second-order valence-corrected chi connectivity index (χ2v) is 6.13. The number of ether oxygens (including phenoxy) is 2. The summed E-state index contributed by atoms with van der Waals surface area (Å²) >= 11 is 16.0. The second kappa shape index (κ2) is 10.0. The molecule has 0 radical (unpaired) electrons. The van der Waals surface area contributed by atoms with Gasteiger partial charge < -0.3 is 9.47 Å². The van der Waals surface area contributed by atoms with Gasteiger partial charge in [-0.2, -0.15) is 0 Å². The Labute approximate surface area is 139 Å². The molecule has 0 fully saturated rings. The van der Waals surface area contributed by atoms with E-state index in [1.165, 1.54) is 0 Å². The molecule has 0 spiro atoms. The van der Waals surface area contributed by atoms with Gasteiger partial charge in [0, 0.05) is 48.6 Å². The zero-order valence-corrected chi connectivity index (χ0v) is 14.8. The fourth-order valence-electron chi connectivity index (χ4n) is 2.01. The molecule has 0 N–H and O–H groups in total. The quantitative estimate of drug-likeness (QED) is 0.434. The Morgan fingerprint density at radius 2 is 1.80 bits per heavy atom. The van der Waals surface area contributed by atoms with Crippen LogP contribution in [0.25, 0.3) is 0 Å². The van der Waals surface area contributed by atoms with Crippen LogP contribution in [0.4, 0.5) is 0 Å². The van der Waals surface area contributed by atoms with Gasteiger partial charge in [-0.25, -0.2) is 0 Å². The summed E-state index contributed by atoms with van der Waals surface area (Å²) in [6.07, 6.45) is 1.70. The number of halogens is 3. The molecule has 0 amide bonds. The highest BCUT2D eigenvalue weighted by molar-refractivity contribution is 9.10. The highest BCUT2D eigenvalue weighted by Gasteiger charge is 2.32. The molecule has 0 aliphatic rings. The van der Waals surface area contributed by atoms with E-state index in [1.54, 1.807) is 7.11 Å². The number of hydrogen-bond acceptors (Lipinski definition) is 2. The molecule has 0 bridgehead atoms. The maximum Gasteiger partial charge on any atom is 0.0487 e. The minimum absolute atomic E-state index is 0.259. The van der Waals surface area contributed by atoms with E-state index >= 15 is 0 Å². The molecule has 114 valence electrons. The highest BCUT2D eigenvalue weighted by Crippen LogP contribution is 2.35. The largest absolute Gasteiger partial charge is 0.385 e. The van der Waals surface area contributed by atoms with Crippen LogP contribution in [0.5, 0.6) is 0 Å². The van der Waals surface area contributed by atoms with Crippen molar-refractivity contribution in [1.29, 1.82) is 0 Å². The van der Waals surface area contributed by atoms with Crippen LogP contribution in [-0.4, -0.2) is 38.7 Å². The third-order valence-corrected chi connectivity index (χ3v) is 5.03. The van der Waals surface area contributed by atoms with Gasteiger partial charge in [0.15, 0.2) is 0 Å². The SMILES string of the molecule is COCCCOCCC(CCl)(CCl)c1ccccc1Br. The predicted molar refractivity (Wildman–Crippen MR) is 89.2 cm³/mol. The first kappa shape index (κ1) is 18.2. The minimum atomic E-state index is -0.259. The van der Waals surface area contributed by atoms with Gasteiger partial charge >= 0.3 is 0 Å². The van der Waals surface area contributed by atoms with E-state index in [1.807, 2.05) is 18.2 Å². The van der Waals surface area contributed by atoms with Crippen LogP contribution >= 0.6 is 39.1 Å². The van der Waals surface area contributed by atoms with Gasteiger partial charge in [-0.15, -0.1) is 23.2 Å². The average Bonchev–Trinajstić information content (AvgIpc) is 2.48. The van der Waals surface area contributed by atoms with Crippen LogP contribution in [0, 0.1) is 0 Å². The number of rotatable bonds is 10. The van der Waals surface area contributed by atoms with E-state index in [0.717, 1.165) is 29.5 Å². The Bertz CT molecular complexity index is 384. The van der Waals surface area contributed by atoms with Crippen molar-refractivity contribution in [3.05, 3.63) is 34.3 Å². The molecule has 0 heterocycles. The molecule has 0 atom stereocenters. The summed E-state index contributed by atoms with van der Waals surface area (Å²) in [5, 5.41) is 0. The molecule has 2 nitrogen and oxygen atoms in total.